The smallest absolute Gasteiger partial charge is 0.240 e. The minimum atomic E-state index is -3.63. The van der Waals surface area contributed by atoms with E-state index in [1.54, 1.807) is 24.3 Å². The first-order valence-corrected chi connectivity index (χ1v) is 8.79. The topological polar surface area (TPSA) is 69.6 Å². The van der Waals surface area contributed by atoms with Crippen LogP contribution in [0.2, 0.25) is 0 Å². The number of aliphatic hydroxyl groups is 1. The van der Waals surface area contributed by atoms with Gasteiger partial charge in [0.15, 0.2) is 0 Å². The Hall–Kier alpha value is -1.89. The molecular formula is C17H22N2O3S. The van der Waals surface area contributed by atoms with Crippen molar-refractivity contribution >= 4 is 15.7 Å². The fourth-order valence-corrected chi connectivity index (χ4v) is 3.31. The lowest BCUT2D eigenvalue weighted by Crippen LogP contribution is -2.28. The van der Waals surface area contributed by atoms with Gasteiger partial charge in [0.05, 0.1) is 11.0 Å². The molecule has 5 nitrogen and oxygen atoms in total. The molecule has 6 heteroatoms. The lowest BCUT2D eigenvalue weighted by Gasteiger charge is -2.16. The summed E-state index contributed by atoms with van der Waals surface area (Å²) in [6, 6.07) is 14.0. The second-order valence-electron chi connectivity index (χ2n) is 5.67. The summed E-state index contributed by atoms with van der Waals surface area (Å²) in [5, 5.41) is 10.2. The maximum Gasteiger partial charge on any atom is 0.240 e. The molecule has 0 fully saturated rings. The third-order valence-corrected chi connectivity index (χ3v) is 4.98. The van der Waals surface area contributed by atoms with Crippen LogP contribution in [0.5, 0.6) is 0 Å². The molecule has 2 N–H and O–H groups in total. The third-order valence-electron chi connectivity index (χ3n) is 3.56. The summed E-state index contributed by atoms with van der Waals surface area (Å²) in [6.45, 7) is 1.76. The highest BCUT2D eigenvalue weighted by Crippen LogP contribution is 2.18. The predicted molar refractivity (Wildman–Crippen MR) is 92.1 cm³/mol. The highest BCUT2D eigenvalue weighted by Gasteiger charge is 2.16. The number of sulfonamides is 1. The van der Waals surface area contributed by atoms with E-state index in [-0.39, 0.29) is 11.4 Å². The predicted octanol–water partition coefficient (Wildman–Crippen LogP) is 2.07. The first-order chi connectivity index (χ1) is 10.8. The summed E-state index contributed by atoms with van der Waals surface area (Å²) in [4.78, 5) is 2.16. The molecule has 0 amide bonds. The van der Waals surface area contributed by atoms with Crippen LogP contribution in [-0.4, -0.2) is 34.2 Å². The van der Waals surface area contributed by atoms with E-state index < -0.39 is 16.1 Å². The van der Waals surface area contributed by atoms with E-state index in [0.29, 0.717) is 5.56 Å². The molecule has 0 aliphatic heterocycles. The van der Waals surface area contributed by atoms with E-state index in [1.165, 1.54) is 6.07 Å². The average molecular weight is 334 g/mol. The summed E-state index contributed by atoms with van der Waals surface area (Å²) in [6.07, 6.45) is -0.897. The van der Waals surface area contributed by atoms with Crippen LogP contribution in [0.3, 0.4) is 0 Å². The zero-order chi connectivity index (χ0) is 17.0. The van der Waals surface area contributed by atoms with Crippen molar-refractivity contribution in [1.82, 2.24) is 4.72 Å². The maximum atomic E-state index is 12.2. The molecule has 124 valence electrons. The van der Waals surface area contributed by atoms with Gasteiger partial charge in [0.25, 0.3) is 0 Å². The van der Waals surface area contributed by atoms with Crippen LogP contribution in [0.1, 0.15) is 17.2 Å². The fourth-order valence-electron chi connectivity index (χ4n) is 2.17. The van der Waals surface area contributed by atoms with Gasteiger partial charge < -0.3 is 10.0 Å². The third kappa shape index (κ3) is 4.54. The Kier molecular flexibility index (Phi) is 5.41. The van der Waals surface area contributed by atoms with Crippen molar-refractivity contribution in [2.24, 2.45) is 0 Å². The van der Waals surface area contributed by atoms with Crippen molar-refractivity contribution in [3.63, 3.8) is 0 Å². The largest absolute Gasteiger partial charge is 0.387 e. The summed E-state index contributed by atoms with van der Waals surface area (Å²) in [5.41, 5.74) is 2.55. The number of benzene rings is 2. The molecule has 0 heterocycles. The molecule has 0 aromatic heterocycles. The van der Waals surface area contributed by atoms with Crippen LogP contribution in [0.15, 0.2) is 53.4 Å². The number of hydrogen-bond donors (Lipinski definition) is 2. The Bertz CT molecular complexity index is 756. The Morgan fingerprint density at radius 3 is 2.35 bits per heavy atom. The molecule has 1 atom stereocenters. The average Bonchev–Trinajstić information content (AvgIpc) is 2.53. The molecule has 0 aliphatic rings. The fraction of sp³-hybridized carbons (Fsp3) is 0.294. The first kappa shape index (κ1) is 17.5. The van der Waals surface area contributed by atoms with Crippen molar-refractivity contribution in [3.05, 3.63) is 59.7 Å². The minimum Gasteiger partial charge on any atom is -0.387 e. The molecule has 2 rings (SSSR count). The van der Waals surface area contributed by atoms with E-state index in [1.807, 2.05) is 44.1 Å². The van der Waals surface area contributed by atoms with E-state index in [2.05, 4.69) is 4.72 Å². The van der Waals surface area contributed by atoms with Crippen LogP contribution < -0.4 is 9.62 Å². The van der Waals surface area contributed by atoms with Gasteiger partial charge in [0.1, 0.15) is 0 Å². The Morgan fingerprint density at radius 1 is 1.13 bits per heavy atom. The molecule has 2 aromatic carbocycles. The minimum absolute atomic E-state index is 0.0718. The monoisotopic (exact) mass is 334 g/mol. The highest BCUT2D eigenvalue weighted by atomic mass is 32.2. The maximum absolute atomic E-state index is 12.2. The van der Waals surface area contributed by atoms with Gasteiger partial charge >= 0.3 is 0 Å². The van der Waals surface area contributed by atoms with Gasteiger partial charge in [-0.2, -0.15) is 0 Å². The number of hydrogen-bond acceptors (Lipinski definition) is 4. The SMILES string of the molecule is Cc1cccc(S(=O)(=O)NCC(O)c2ccc(N(C)C)cc2)c1. The number of aryl methyl sites for hydroxylation is 1. The second kappa shape index (κ2) is 7.12. The van der Waals surface area contributed by atoms with Crippen LogP contribution in [0.25, 0.3) is 0 Å². The van der Waals surface area contributed by atoms with Gasteiger partial charge in [0, 0.05) is 26.3 Å². The Balaban J connectivity index is 2.04. The van der Waals surface area contributed by atoms with E-state index in [9.17, 15) is 13.5 Å². The zero-order valence-electron chi connectivity index (χ0n) is 13.5. The molecular weight excluding hydrogens is 312 g/mol. The van der Waals surface area contributed by atoms with Crippen molar-refractivity contribution in [3.8, 4) is 0 Å². The Labute approximate surface area is 137 Å². The summed E-state index contributed by atoms with van der Waals surface area (Å²) in [5.74, 6) is 0. The number of nitrogens with zero attached hydrogens (tertiary/aromatic N) is 1. The van der Waals surface area contributed by atoms with E-state index in [4.69, 9.17) is 0 Å². The van der Waals surface area contributed by atoms with Crippen LogP contribution >= 0.6 is 0 Å². The van der Waals surface area contributed by atoms with Crippen LogP contribution in [0.4, 0.5) is 5.69 Å². The lowest BCUT2D eigenvalue weighted by atomic mass is 10.1. The van der Waals surface area contributed by atoms with Gasteiger partial charge in [-0.15, -0.1) is 0 Å². The summed E-state index contributed by atoms with van der Waals surface area (Å²) < 4.78 is 26.9. The van der Waals surface area contributed by atoms with Crippen LogP contribution in [0, 0.1) is 6.92 Å². The van der Waals surface area contributed by atoms with Gasteiger partial charge in [-0.25, -0.2) is 13.1 Å². The first-order valence-electron chi connectivity index (χ1n) is 7.31. The standard InChI is InChI=1S/C17H22N2O3S/c1-13-5-4-6-16(11-13)23(21,22)18-12-17(20)14-7-9-15(10-8-14)19(2)3/h4-11,17-18,20H,12H2,1-3H3. The molecule has 2 aromatic rings. The second-order valence-corrected chi connectivity index (χ2v) is 7.44. The summed E-state index contributed by atoms with van der Waals surface area (Å²) >= 11 is 0. The van der Waals surface area contributed by atoms with Gasteiger partial charge in [-0.05, 0) is 42.3 Å². The van der Waals surface area contributed by atoms with Crippen LogP contribution in [-0.2, 0) is 10.0 Å². The molecule has 0 bridgehead atoms. The molecule has 0 saturated heterocycles. The molecule has 23 heavy (non-hydrogen) atoms. The highest BCUT2D eigenvalue weighted by molar-refractivity contribution is 7.89. The van der Waals surface area contributed by atoms with E-state index >= 15 is 0 Å². The zero-order valence-corrected chi connectivity index (χ0v) is 14.3. The van der Waals surface area contributed by atoms with Gasteiger partial charge in [0.2, 0.25) is 10.0 Å². The van der Waals surface area contributed by atoms with Crippen molar-refractivity contribution in [2.45, 2.75) is 17.9 Å². The number of nitrogens with one attached hydrogen (secondary N) is 1. The molecule has 0 spiro atoms. The number of rotatable bonds is 6. The quantitative estimate of drug-likeness (QED) is 0.848. The molecule has 0 aliphatic carbocycles. The lowest BCUT2D eigenvalue weighted by molar-refractivity contribution is 0.182. The van der Waals surface area contributed by atoms with Crippen molar-refractivity contribution in [2.75, 3.05) is 25.5 Å². The van der Waals surface area contributed by atoms with E-state index in [0.717, 1.165) is 11.3 Å². The van der Waals surface area contributed by atoms with Gasteiger partial charge in [-0.1, -0.05) is 24.3 Å². The number of aliphatic hydroxyl groups excluding tert-OH is 1. The Morgan fingerprint density at radius 2 is 1.78 bits per heavy atom. The van der Waals surface area contributed by atoms with Crippen molar-refractivity contribution in [1.29, 1.82) is 0 Å². The number of anilines is 1. The summed E-state index contributed by atoms with van der Waals surface area (Å²) in [7, 11) is 0.238. The van der Waals surface area contributed by atoms with Crippen molar-refractivity contribution < 1.29 is 13.5 Å². The molecule has 1 unspecified atom stereocenters. The normalized spacial score (nSPS) is 12.9. The molecule has 0 radical (unpaired) electrons. The molecule has 0 saturated carbocycles. The van der Waals surface area contributed by atoms with Gasteiger partial charge in [-0.3, -0.25) is 0 Å².